The number of carbonyl (C=O) groups excluding carboxylic acids is 1. The largest absolute Gasteiger partial charge is 0.460 e. The number of esters is 1. The first-order chi connectivity index (χ1) is 8.61. The molecule has 1 heterocycles. The summed E-state index contributed by atoms with van der Waals surface area (Å²) >= 11 is 0. The Bertz CT molecular complexity index is 645. The van der Waals surface area contributed by atoms with E-state index in [1.54, 1.807) is 12.1 Å². The van der Waals surface area contributed by atoms with Crippen molar-refractivity contribution < 1.29 is 13.9 Å². The minimum absolute atomic E-state index is 0.0919. The summed E-state index contributed by atoms with van der Waals surface area (Å²) in [7, 11) is 0. The number of nitrogen functional groups attached to an aromatic ring is 1. The molecule has 0 unspecified atom stereocenters. The van der Waals surface area contributed by atoms with E-state index in [-0.39, 0.29) is 11.2 Å². The SMILES string of the molecule is CCCOC(=O)c1cc(=O)c2cc(N)ccc2o1. The lowest BCUT2D eigenvalue weighted by atomic mass is 10.2. The van der Waals surface area contributed by atoms with Crippen molar-refractivity contribution in [2.45, 2.75) is 13.3 Å². The van der Waals surface area contributed by atoms with Crippen LogP contribution in [0.15, 0.2) is 33.5 Å². The third-order valence-electron chi connectivity index (χ3n) is 2.39. The van der Waals surface area contributed by atoms with Crippen LogP contribution < -0.4 is 11.2 Å². The van der Waals surface area contributed by atoms with E-state index in [4.69, 9.17) is 14.9 Å². The van der Waals surface area contributed by atoms with Crippen molar-refractivity contribution in [3.63, 3.8) is 0 Å². The Kier molecular flexibility index (Phi) is 3.32. The highest BCUT2D eigenvalue weighted by Gasteiger charge is 2.13. The van der Waals surface area contributed by atoms with Crippen molar-refractivity contribution in [2.24, 2.45) is 0 Å². The fraction of sp³-hybridized carbons (Fsp3) is 0.231. The summed E-state index contributed by atoms with van der Waals surface area (Å²) in [5.41, 5.74) is 6.06. The van der Waals surface area contributed by atoms with Crippen LogP contribution in [-0.4, -0.2) is 12.6 Å². The Morgan fingerprint density at radius 1 is 1.39 bits per heavy atom. The number of fused-ring (bicyclic) bond motifs is 1. The molecule has 0 saturated carbocycles. The minimum Gasteiger partial charge on any atom is -0.460 e. The maximum absolute atomic E-state index is 11.8. The average molecular weight is 247 g/mol. The second kappa shape index (κ2) is 4.91. The van der Waals surface area contributed by atoms with Gasteiger partial charge in [0.15, 0.2) is 5.43 Å². The van der Waals surface area contributed by atoms with Crippen LogP contribution in [0.3, 0.4) is 0 Å². The molecule has 5 nitrogen and oxygen atoms in total. The van der Waals surface area contributed by atoms with Crippen LogP contribution in [0.2, 0.25) is 0 Å². The van der Waals surface area contributed by atoms with Gasteiger partial charge in [-0.05, 0) is 24.6 Å². The van der Waals surface area contributed by atoms with Gasteiger partial charge >= 0.3 is 5.97 Å². The van der Waals surface area contributed by atoms with Crippen LogP contribution in [-0.2, 0) is 4.74 Å². The van der Waals surface area contributed by atoms with Crippen LogP contribution in [0.5, 0.6) is 0 Å². The third-order valence-corrected chi connectivity index (χ3v) is 2.39. The summed E-state index contributed by atoms with van der Waals surface area (Å²) in [5.74, 6) is -0.724. The van der Waals surface area contributed by atoms with Crippen LogP contribution in [0.1, 0.15) is 23.9 Å². The van der Waals surface area contributed by atoms with Gasteiger partial charge in [-0.25, -0.2) is 4.79 Å². The third kappa shape index (κ3) is 2.34. The average Bonchev–Trinajstić information content (AvgIpc) is 2.36. The van der Waals surface area contributed by atoms with E-state index < -0.39 is 5.97 Å². The van der Waals surface area contributed by atoms with Crippen molar-refractivity contribution in [3.8, 4) is 0 Å². The Labute approximate surface area is 103 Å². The first kappa shape index (κ1) is 12.2. The molecule has 94 valence electrons. The summed E-state index contributed by atoms with van der Waals surface area (Å²) in [6.45, 7) is 2.18. The Balaban J connectivity index is 2.46. The molecule has 0 amide bonds. The Morgan fingerprint density at radius 3 is 2.89 bits per heavy atom. The minimum atomic E-state index is -0.632. The Hall–Kier alpha value is -2.30. The fourth-order valence-electron chi connectivity index (χ4n) is 1.54. The monoisotopic (exact) mass is 247 g/mol. The van der Waals surface area contributed by atoms with E-state index in [2.05, 4.69) is 0 Å². The highest BCUT2D eigenvalue weighted by atomic mass is 16.5. The van der Waals surface area contributed by atoms with Gasteiger partial charge in [0.05, 0.1) is 12.0 Å². The topological polar surface area (TPSA) is 82.5 Å². The zero-order valence-electron chi connectivity index (χ0n) is 9.93. The van der Waals surface area contributed by atoms with Gasteiger partial charge in [-0.3, -0.25) is 4.79 Å². The molecule has 1 aromatic carbocycles. The summed E-state index contributed by atoms with van der Waals surface area (Å²) in [6.07, 6.45) is 0.708. The molecule has 0 saturated heterocycles. The second-order valence-corrected chi connectivity index (χ2v) is 3.87. The molecule has 2 rings (SSSR count). The molecular weight excluding hydrogens is 234 g/mol. The van der Waals surface area contributed by atoms with Gasteiger partial charge in [-0.15, -0.1) is 0 Å². The number of ether oxygens (including phenoxy) is 1. The molecule has 0 aliphatic heterocycles. The lowest BCUT2D eigenvalue weighted by Gasteiger charge is -2.03. The second-order valence-electron chi connectivity index (χ2n) is 3.87. The van der Waals surface area contributed by atoms with Crippen molar-refractivity contribution in [1.29, 1.82) is 0 Å². The van der Waals surface area contributed by atoms with Gasteiger partial charge in [0.2, 0.25) is 5.76 Å². The van der Waals surface area contributed by atoms with Crippen LogP contribution in [0.4, 0.5) is 5.69 Å². The standard InChI is InChI=1S/C13H13NO4/c1-2-5-17-13(16)12-7-10(15)9-6-8(14)3-4-11(9)18-12/h3-4,6-7H,2,5,14H2,1H3. The molecule has 0 spiro atoms. The molecular formula is C13H13NO4. The number of hydrogen-bond donors (Lipinski definition) is 1. The zero-order valence-corrected chi connectivity index (χ0v) is 9.93. The fourth-order valence-corrected chi connectivity index (χ4v) is 1.54. The summed E-state index contributed by atoms with van der Waals surface area (Å²) in [4.78, 5) is 23.4. The van der Waals surface area contributed by atoms with Crippen molar-refractivity contribution >= 4 is 22.6 Å². The predicted octanol–water partition coefficient (Wildman–Crippen LogP) is 1.94. The molecule has 18 heavy (non-hydrogen) atoms. The van der Waals surface area contributed by atoms with E-state index in [0.29, 0.717) is 29.7 Å². The van der Waals surface area contributed by atoms with E-state index in [1.807, 2.05) is 6.92 Å². The number of rotatable bonds is 3. The molecule has 1 aromatic heterocycles. The van der Waals surface area contributed by atoms with Gasteiger partial charge in [-0.2, -0.15) is 0 Å². The van der Waals surface area contributed by atoms with E-state index in [1.165, 1.54) is 6.07 Å². The van der Waals surface area contributed by atoms with Crippen molar-refractivity contribution in [3.05, 3.63) is 40.2 Å². The molecule has 5 heteroatoms. The normalized spacial score (nSPS) is 10.5. The van der Waals surface area contributed by atoms with Crippen LogP contribution in [0, 0.1) is 0 Å². The lowest BCUT2D eigenvalue weighted by Crippen LogP contribution is -2.10. The highest BCUT2D eigenvalue weighted by Crippen LogP contribution is 2.16. The van der Waals surface area contributed by atoms with Gasteiger partial charge in [-0.1, -0.05) is 6.92 Å². The highest BCUT2D eigenvalue weighted by molar-refractivity contribution is 5.89. The first-order valence-electron chi connectivity index (χ1n) is 5.62. The van der Waals surface area contributed by atoms with Crippen molar-refractivity contribution in [1.82, 2.24) is 0 Å². The zero-order chi connectivity index (χ0) is 13.1. The summed E-state index contributed by atoms with van der Waals surface area (Å²) in [6, 6.07) is 5.80. The van der Waals surface area contributed by atoms with Gasteiger partial charge in [0.25, 0.3) is 0 Å². The summed E-state index contributed by atoms with van der Waals surface area (Å²) in [5, 5.41) is 0.349. The number of nitrogens with two attached hydrogens (primary N) is 1. The molecule has 0 aliphatic rings. The Morgan fingerprint density at radius 2 is 2.17 bits per heavy atom. The van der Waals surface area contributed by atoms with Crippen molar-refractivity contribution in [2.75, 3.05) is 12.3 Å². The molecule has 0 aliphatic carbocycles. The van der Waals surface area contributed by atoms with E-state index >= 15 is 0 Å². The maximum Gasteiger partial charge on any atom is 0.374 e. The van der Waals surface area contributed by atoms with Crippen LogP contribution in [0.25, 0.3) is 11.0 Å². The van der Waals surface area contributed by atoms with Gasteiger partial charge in [0, 0.05) is 11.8 Å². The quantitative estimate of drug-likeness (QED) is 0.662. The maximum atomic E-state index is 11.8. The smallest absolute Gasteiger partial charge is 0.374 e. The first-order valence-corrected chi connectivity index (χ1v) is 5.62. The molecule has 0 radical (unpaired) electrons. The number of carbonyl (C=O) groups is 1. The van der Waals surface area contributed by atoms with Gasteiger partial charge < -0.3 is 14.9 Å². The molecule has 2 N–H and O–H groups in total. The van der Waals surface area contributed by atoms with Crippen LogP contribution >= 0.6 is 0 Å². The van der Waals surface area contributed by atoms with E-state index in [9.17, 15) is 9.59 Å². The predicted molar refractivity (Wildman–Crippen MR) is 67.5 cm³/mol. The number of anilines is 1. The molecule has 0 bridgehead atoms. The molecule has 2 aromatic rings. The lowest BCUT2D eigenvalue weighted by molar-refractivity contribution is 0.0469. The summed E-state index contributed by atoms with van der Waals surface area (Å²) < 4.78 is 10.2. The van der Waals surface area contributed by atoms with Gasteiger partial charge in [0.1, 0.15) is 5.58 Å². The molecule has 0 atom stereocenters. The number of benzene rings is 1. The van der Waals surface area contributed by atoms with E-state index in [0.717, 1.165) is 6.07 Å². The number of hydrogen-bond acceptors (Lipinski definition) is 5. The molecule has 0 fully saturated rings.